The van der Waals surface area contributed by atoms with Gasteiger partial charge in [-0.1, -0.05) is 241 Å². The lowest BCUT2D eigenvalue weighted by molar-refractivity contribution is -0.167. The zero-order valence-corrected chi connectivity index (χ0v) is 44.2. The summed E-state index contributed by atoms with van der Waals surface area (Å²) in [5.41, 5.74) is 0. The molecular weight excluding hydrogens is 829 g/mol. The molecule has 0 heterocycles. The summed E-state index contributed by atoms with van der Waals surface area (Å²) in [5, 5.41) is 0. The van der Waals surface area contributed by atoms with Crippen LogP contribution in [-0.2, 0) is 28.6 Å². The second kappa shape index (κ2) is 55.4. The molecule has 0 bridgehead atoms. The second-order valence-electron chi connectivity index (χ2n) is 18.9. The van der Waals surface area contributed by atoms with Crippen LogP contribution in [0.5, 0.6) is 0 Å². The van der Waals surface area contributed by atoms with Crippen LogP contribution in [0.25, 0.3) is 0 Å². The Morgan fingerprint density at radius 3 is 0.985 bits per heavy atom. The minimum atomic E-state index is -0.787. The predicted molar refractivity (Wildman–Crippen MR) is 288 cm³/mol. The highest BCUT2D eigenvalue weighted by atomic mass is 16.6. The number of carbonyl (C=O) groups excluding carboxylic acids is 3. The molecule has 0 amide bonds. The molecule has 0 aliphatic rings. The fraction of sp³-hybridized carbons (Fsp3) is 0.754. The maximum Gasteiger partial charge on any atom is 0.306 e. The number of allylic oxidation sites excluding steroid dienone is 12. The molecule has 0 aromatic carbocycles. The van der Waals surface area contributed by atoms with E-state index in [0.717, 1.165) is 83.5 Å². The predicted octanol–water partition coefficient (Wildman–Crippen LogP) is 19.0. The van der Waals surface area contributed by atoms with Crippen LogP contribution in [0.1, 0.15) is 278 Å². The number of ether oxygens (including phenoxy) is 3. The van der Waals surface area contributed by atoms with Crippen molar-refractivity contribution in [3.05, 3.63) is 72.9 Å². The van der Waals surface area contributed by atoms with E-state index in [2.05, 4.69) is 93.7 Å². The quantitative estimate of drug-likeness (QED) is 0.0199. The van der Waals surface area contributed by atoms with E-state index in [1.54, 1.807) is 0 Å². The van der Waals surface area contributed by atoms with Crippen molar-refractivity contribution in [2.45, 2.75) is 284 Å². The number of carbonyl (C=O) groups is 3. The number of hydrogen-bond donors (Lipinski definition) is 0. The van der Waals surface area contributed by atoms with E-state index in [1.165, 1.54) is 154 Å². The minimum absolute atomic E-state index is 0.0851. The fourth-order valence-electron chi connectivity index (χ4n) is 7.96. The number of rotatable bonds is 51. The van der Waals surface area contributed by atoms with Crippen LogP contribution in [0.4, 0.5) is 0 Å². The average molecular weight is 936 g/mol. The maximum atomic E-state index is 12.8. The van der Waals surface area contributed by atoms with Crippen molar-refractivity contribution < 1.29 is 28.6 Å². The van der Waals surface area contributed by atoms with Gasteiger partial charge in [0.25, 0.3) is 0 Å². The third kappa shape index (κ3) is 53.7. The zero-order chi connectivity index (χ0) is 48.6. The third-order valence-corrected chi connectivity index (χ3v) is 12.3. The molecule has 0 saturated carbocycles. The molecule has 386 valence electrons. The number of hydrogen-bond acceptors (Lipinski definition) is 6. The van der Waals surface area contributed by atoms with Gasteiger partial charge in [-0.3, -0.25) is 14.4 Å². The van der Waals surface area contributed by atoms with Crippen LogP contribution in [0.2, 0.25) is 0 Å². The average Bonchev–Trinajstić information content (AvgIpc) is 3.33. The molecule has 0 spiro atoms. The second-order valence-corrected chi connectivity index (χ2v) is 18.9. The molecule has 0 saturated heterocycles. The van der Waals surface area contributed by atoms with E-state index in [0.29, 0.717) is 19.3 Å². The highest BCUT2D eigenvalue weighted by Crippen LogP contribution is 2.15. The molecule has 0 rings (SSSR count). The first-order valence-electron chi connectivity index (χ1n) is 28.5. The van der Waals surface area contributed by atoms with Crippen molar-refractivity contribution in [3.63, 3.8) is 0 Å². The Hall–Kier alpha value is -3.15. The summed E-state index contributed by atoms with van der Waals surface area (Å²) in [6.45, 7) is 6.47. The summed E-state index contributed by atoms with van der Waals surface area (Å²) < 4.78 is 16.8. The summed E-state index contributed by atoms with van der Waals surface area (Å²) in [6, 6.07) is 0. The van der Waals surface area contributed by atoms with E-state index >= 15 is 0 Å². The maximum absolute atomic E-state index is 12.8. The van der Waals surface area contributed by atoms with E-state index in [9.17, 15) is 14.4 Å². The van der Waals surface area contributed by atoms with Gasteiger partial charge in [-0.15, -0.1) is 0 Å². The Labute approximate surface area is 414 Å². The first-order valence-corrected chi connectivity index (χ1v) is 28.5. The lowest BCUT2D eigenvalue weighted by Gasteiger charge is -2.18. The van der Waals surface area contributed by atoms with Crippen LogP contribution in [-0.4, -0.2) is 37.2 Å². The topological polar surface area (TPSA) is 78.9 Å². The molecular formula is C61H106O6. The van der Waals surface area contributed by atoms with Gasteiger partial charge in [0.2, 0.25) is 0 Å². The van der Waals surface area contributed by atoms with Gasteiger partial charge in [-0.25, -0.2) is 0 Å². The molecule has 6 heteroatoms. The zero-order valence-electron chi connectivity index (χ0n) is 44.2. The molecule has 1 atom stereocenters. The van der Waals surface area contributed by atoms with Gasteiger partial charge in [0, 0.05) is 19.3 Å². The van der Waals surface area contributed by atoms with Crippen molar-refractivity contribution in [1.82, 2.24) is 0 Å². The minimum Gasteiger partial charge on any atom is -0.462 e. The van der Waals surface area contributed by atoms with Gasteiger partial charge in [0.1, 0.15) is 13.2 Å². The first kappa shape index (κ1) is 63.8. The Morgan fingerprint density at radius 2 is 0.597 bits per heavy atom. The van der Waals surface area contributed by atoms with E-state index in [-0.39, 0.29) is 31.1 Å². The molecule has 0 aromatic heterocycles. The van der Waals surface area contributed by atoms with E-state index < -0.39 is 6.10 Å². The summed E-state index contributed by atoms with van der Waals surface area (Å²) >= 11 is 0. The van der Waals surface area contributed by atoms with Gasteiger partial charge in [-0.05, 0) is 89.9 Å². The van der Waals surface area contributed by atoms with Crippen molar-refractivity contribution >= 4 is 17.9 Å². The molecule has 6 nitrogen and oxygen atoms in total. The lowest BCUT2D eigenvalue weighted by atomic mass is 10.1. The van der Waals surface area contributed by atoms with Crippen LogP contribution in [0.15, 0.2) is 72.9 Å². The van der Waals surface area contributed by atoms with Crippen LogP contribution >= 0.6 is 0 Å². The summed E-state index contributed by atoms with van der Waals surface area (Å²) in [7, 11) is 0. The molecule has 67 heavy (non-hydrogen) atoms. The van der Waals surface area contributed by atoms with Gasteiger partial charge in [0.15, 0.2) is 6.10 Å². The van der Waals surface area contributed by atoms with Crippen LogP contribution in [0.3, 0.4) is 0 Å². The summed E-state index contributed by atoms with van der Waals surface area (Å²) in [6.07, 6.45) is 70.3. The third-order valence-electron chi connectivity index (χ3n) is 12.3. The number of esters is 3. The highest BCUT2D eigenvalue weighted by Gasteiger charge is 2.19. The molecule has 1 unspecified atom stereocenters. The van der Waals surface area contributed by atoms with Crippen molar-refractivity contribution in [3.8, 4) is 0 Å². The molecule has 0 fully saturated rings. The van der Waals surface area contributed by atoms with Gasteiger partial charge in [-0.2, -0.15) is 0 Å². The normalized spacial score (nSPS) is 12.6. The van der Waals surface area contributed by atoms with Crippen molar-refractivity contribution in [2.24, 2.45) is 0 Å². The number of unbranched alkanes of at least 4 members (excludes halogenated alkanes) is 31. The SMILES string of the molecule is CC/C=C/C=C/C=C/CCCCCCCC(=O)OCC(COC(=O)CCCCCCCCCCCC/C=C/C=C/CCCCC)OC(=O)CCCCCCCCC/C=C/CCCCCCCC. The van der Waals surface area contributed by atoms with Gasteiger partial charge in [0.05, 0.1) is 0 Å². The largest absolute Gasteiger partial charge is 0.462 e. The standard InChI is InChI=1S/C61H106O6/c1-4-7-10-13-16-19-22-25-27-29-30-32-33-36-39-42-45-48-51-54-60(63)66-57-58(56-65-59(62)53-50-47-44-41-38-35-24-21-18-15-12-9-6-3)67-61(64)55-52-49-46-43-40-37-34-31-28-26-23-20-17-14-11-8-5-2/h9,12,15-16,18-19,21-22,24-26,28,58H,4-8,10-11,13-14,17,20,23,27,29-57H2,1-3H3/b12-9+,18-15+,19-16+,24-21+,25-22+,28-26+. The van der Waals surface area contributed by atoms with Gasteiger partial charge >= 0.3 is 17.9 Å². The summed E-state index contributed by atoms with van der Waals surface area (Å²) in [4.78, 5) is 38.1. The van der Waals surface area contributed by atoms with Crippen molar-refractivity contribution in [2.75, 3.05) is 13.2 Å². The first-order chi connectivity index (χ1) is 33.0. The molecule has 0 aliphatic carbocycles. The summed E-state index contributed by atoms with van der Waals surface area (Å²) in [5.74, 6) is -0.907. The molecule has 0 aliphatic heterocycles. The lowest BCUT2D eigenvalue weighted by Crippen LogP contribution is -2.30. The monoisotopic (exact) mass is 935 g/mol. The Kier molecular flexibility index (Phi) is 52.8. The molecule has 0 N–H and O–H groups in total. The van der Waals surface area contributed by atoms with E-state index in [4.69, 9.17) is 14.2 Å². The van der Waals surface area contributed by atoms with Crippen LogP contribution < -0.4 is 0 Å². The Morgan fingerprint density at radius 1 is 0.313 bits per heavy atom. The fourth-order valence-corrected chi connectivity index (χ4v) is 7.96. The highest BCUT2D eigenvalue weighted by molar-refractivity contribution is 5.71. The molecule has 0 radical (unpaired) electrons. The van der Waals surface area contributed by atoms with Crippen LogP contribution in [0, 0.1) is 0 Å². The Balaban J connectivity index is 4.38. The molecule has 0 aromatic rings. The van der Waals surface area contributed by atoms with E-state index in [1.807, 2.05) is 0 Å². The van der Waals surface area contributed by atoms with Crippen molar-refractivity contribution in [1.29, 1.82) is 0 Å². The van der Waals surface area contributed by atoms with Gasteiger partial charge < -0.3 is 14.2 Å². The smallest absolute Gasteiger partial charge is 0.306 e. The Bertz CT molecular complexity index is 1260.